The molecule has 0 atom stereocenters. The fourth-order valence-corrected chi connectivity index (χ4v) is 1.57. The first-order valence-corrected chi connectivity index (χ1v) is 7.02. The molecule has 2 amide bonds. The molecule has 0 bridgehead atoms. The summed E-state index contributed by atoms with van der Waals surface area (Å²) in [6.45, 7) is 5.73. The third kappa shape index (κ3) is 6.52. The zero-order valence-electron chi connectivity index (χ0n) is 12.2. The van der Waals surface area contributed by atoms with E-state index in [1.807, 2.05) is 0 Å². The molecule has 0 aliphatic carbocycles. The van der Waals surface area contributed by atoms with Crippen LogP contribution in [0.2, 0.25) is 0 Å². The lowest BCUT2D eigenvalue weighted by Crippen LogP contribution is -2.30. The van der Waals surface area contributed by atoms with Crippen LogP contribution < -0.4 is 10.6 Å². The van der Waals surface area contributed by atoms with Crippen molar-refractivity contribution in [1.82, 2.24) is 5.32 Å². The molecule has 5 heteroatoms. The Morgan fingerprint density at radius 3 is 2.75 bits per heavy atom. The Hall–Kier alpha value is -1.62. The highest BCUT2D eigenvalue weighted by Crippen LogP contribution is 2.13. The molecule has 0 aliphatic rings. The van der Waals surface area contributed by atoms with Crippen LogP contribution in [0.4, 0.5) is 14.9 Å². The Morgan fingerprint density at radius 1 is 1.30 bits per heavy atom. The predicted molar refractivity (Wildman–Crippen MR) is 78.5 cm³/mol. The third-order valence-electron chi connectivity index (χ3n) is 2.82. The van der Waals surface area contributed by atoms with Gasteiger partial charge >= 0.3 is 6.03 Å². The number of carbonyl (C=O) groups excluding carboxylic acids is 1. The van der Waals surface area contributed by atoms with Gasteiger partial charge in [-0.25, -0.2) is 9.18 Å². The van der Waals surface area contributed by atoms with E-state index < -0.39 is 0 Å². The first kappa shape index (κ1) is 16.4. The number of aryl methyl sites for hydroxylation is 1. The van der Waals surface area contributed by atoms with Gasteiger partial charge < -0.3 is 15.4 Å². The van der Waals surface area contributed by atoms with Gasteiger partial charge in [0.05, 0.1) is 0 Å². The summed E-state index contributed by atoms with van der Waals surface area (Å²) in [5.41, 5.74) is 1.00. The summed E-state index contributed by atoms with van der Waals surface area (Å²) >= 11 is 0. The Balaban J connectivity index is 2.15. The number of urea groups is 1. The van der Waals surface area contributed by atoms with Crippen LogP contribution in [0.1, 0.15) is 31.7 Å². The molecule has 0 heterocycles. The normalized spacial score (nSPS) is 10.3. The molecule has 0 fully saturated rings. The van der Waals surface area contributed by atoms with Crippen LogP contribution in [0.3, 0.4) is 0 Å². The molecule has 1 aromatic carbocycles. The molecule has 0 aromatic heterocycles. The molecule has 0 saturated carbocycles. The monoisotopic (exact) mass is 282 g/mol. The van der Waals surface area contributed by atoms with Gasteiger partial charge in [0.1, 0.15) is 5.82 Å². The number of halogens is 1. The fraction of sp³-hybridized carbons (Fsp3) is 0.533. The maximum absolute atomic E-state index is 13.3. The molecule has 1 rings (SSSR count). The number of carbonyl (C=O) groups is 1. The van der Waals surface area contributed by atoms with Crippen molar-refractivity contribution in [3.05, 3.63) is 29.6 Å². The van der Waals surface area contributed by atoms with Crippen molar-refractivity contribution in [2.24, 2.45) is 0 Å². The predicted octanol–water partition coefficient (Wildman–Crippen LogP) is 3.46. The summed E-state index contributed by atoms with van der Waals surface area (Å²) in [7, 11) is 0. The second kappa shape index (κ2) is 9.31. The Bertz CT molecular complexity index is 424. The number of amides is 2. The van der Waals surface area contributed by atoms with Gasteiger partial charge in [0.25, 0.3) is 0 Å². The van der Waals surface area contributed by atoms with Crippen molar-refractivity contribution in [3.8, 4) is 0 Å². The molecule has 112 valence electrons. The van der Waals surface area contributed by atoms with Crippen molar-refractivity contribution in [2.45, 2.75) is 33.1 Å². The van der Waals surface area contributed by atoms with E-state index >= 15 is 0 Å². The molecule has 20 heavy (non-hydrogen) atoms. The molecule has 0 aliphatic heterocycles. The molecule has 0 saturated heterocycles. The largest absolute Gasteiger partial charge is 0.381 e. The van der Waals surface area contributed by atoms with Crippen molar-refractivity contribution < 1.29 is 13.9 Å². The minimum atomic E-state index is -0.332. The van der Waals surface area contributed by atoms with Crippen molar-refractivity contribution in [3.63, 3.8) is 0 Å². The molecule has 2 N–H and O–H groups in total. The number of nitrogens with one attached hydrogen (secondary N) is 2. The van der Waals surface area contributed by atoms with E-state index in [2.05, 4.69) is 17.6 Å². The van der Waals surface area contributed by atoms with Crippen molar-refractivity contribution >= 4 is 11.7 Å². The van der Waals surface area contributed by atoms with E-state index in [0.717, 1.165) is 25.9 Å². The van der Waals surface area contributed by atoms with Crippen molar-refractivity contribution in [1.29, 1.82) is 0 Å². The number of hydrogen-bond acceptors (Lipinski definition) is 2. The van der Waals surface area contributed by atoms with Crippen LogP contribution in [-0.4, -0.2) is 25.8 Å². The topological polar surface area (TPSA) is 50.4 Å². The summed E-state index contributed by atoms with van der Waals surface area (Å²) in [6, 6.07) is 4.28. The molecular weight excluding hydrogens is 259 g/mol. The third-order valence-corrected chi connectivity index (χ3v) is 2.82. The van der Waals surface area contributed by atoms with Crippen LogP contribution >= 0.6 is 0 Å². The SMILES string of the molecule is CCCCOCCCNC(=O)Nc1ccc(C)c(F)c1. The highest BCUT2D eigenvalue weighted by molar-refractivity contribution is 5.89. The second-order valence-corrected chi connectivity index (χ2v) is 4.66. The van der Waals surface area contributed by atoms with Crippen LogP contribution in [-0.2, 0) is 4.74 Å². The maximum atomic E-state index is 13.3. The average Bonchev–Trinajstić information content (AvgIpc) is 2.42. The summed E-state index contributed by atoms with van der Waals surface area (Å²) in [5, 5.41) is 5.29. The van der Waals surface area contributed by atoms with E-state index in [1.165, 1.54) is 6.07 Å². The number of anilines is 1. The van der Waals surface area contributed by atoms with Gasteiger partial charge in [-0.05, 0) is 37.5 Å². The molecule has 0 spiro atoms. The lowest BCUT2D eigenvalue weighted by Gasteiger charge is -2.08. The Kier molecular flexibility index (Phi) is 7.65. The highest BCUT2D eigenvalue weighted by Gasteiger charge is 2.03. The lowest BCUT2D eigenvalue weighted by molar-refractivity contribution is 0.129. The summed E-state index contributed by atoms with van der Waals surface area (Å²) in [6.07, 6.45) is 2.94. The van der Waals surface area contributed by atoms with Crippen LogP contribution in [0, 0.1) is 12.7 Å². The number of hydrogen-bond donors (Lipinski definition) is 2. The summed E-state index contributed by atoms with van der Waals surface area (Å²) in [5.74, 6) is -0.327. The van der Waals surface area contributed by atoms with Gasteiger partial charge in [-0.2, -0.15) is 0 Å². The first-order chi connectivity index (χ1) is 9.63. The number of unbranched alkanes of at least 4 members (excludes halogenated alkanes) is 1. The zero-order valence-corrected chi connectivity index (χ0v) is 12.2. The Morgan fingerprint density at radius 2 is 2.05 bits per heavy atom. The lowest BCUT2D eigenvalue weighted by atomic mass is 10.2. The minimum absolute atomic E-state index is 0.327. The van der Waals surface area contributed by atoms with Gasteiger partial charge in [-0.3, -0.25) is 0 Å². The molecule has 1 aromatic rings. The molecule has 0 unspecified atom stereocenters. The van der Waals surface area contributed by atoms with E-state index in [4.69, 9.17) is 4.74 Å². The average molecular weight is 282 g/mol. The van der Waals surface area contributed by atoms with Gasteiger partial charge in [-0.15, -0.1) is 0 Å². The van der Waals surface area contributed by atoms with Crippen molar-refractivity contribution in [2.75, 3.05) is 25.1 Å². The fourth-order valence-electron chi connectivity index (χ4n) is 1.57. The van der Waals surface area contributed by atoms with Crippen LogP contribution in [0.15, 0.2) is 18.2 Å². The van der Waals surface area contributed by atoms with Gasteiger partial charge in [0, 0.05) is 25.4 Å². The number of rotatable bonds is 8. The van der Waals surface area contributed by atoms with Crippen LogP contribution in [0.5, 0.6) is 0 Å². The number of ether oxygens (including phenoxy) is 1. The van der Waals surface area contributed by atoms with E-state index in [9.17, 15) is 9.18 Å². The van der Waals surface area contributed by atoms with Gasteiger partial charge in [0.2, 0.25) is 0 Å². The number of benzene rings is 1. The second-order valence-electron chi connectivity index (χ2n) is 4.66. The zero-order chi connectivity index (χ0) is 14.8. The van der Waals surface area contributed by atoms with E-state index in [-0.39, 0.29) is 11.8 Å². The van der Waals surface area contributed by atoms with Gasteiger partial charge in [0.15, 0.2) is 0 Å². The summed E-state index contributed by atoms with van der Waals surface area (Å²) < 4.78 is 18.7. The molecular formula is C15H23FN2O2. The van der Waals surface area contributed by atoms with Gasteiger partial charge in [-0.1, -0.05) is 19.4 Å². The molecule has 0 radical (unpaired) electrons. The van der Waals surface area contributed by atoms with E-state index in [0.29, 0.717) is 24.4 Å². The first-order valence-electron chi connectivity index (χ1n) is 7.02. The highest BCUT2D eigenvalue weighted by atomic mass is 19.1. The molecule has 4 nitrogen and oxygen atoms in total. The quantitative estimate of drug-likeness (QED) is 0.717. The maximum Gasteiger partial charge on any atom is 0.319 e. The minimum Gasteiger partial charge on any atom is -0.381 e. The van der Waals surface area contributed by atoms with Crippen LogP contribution in [0.25, 0.3) is 0 Å². The smallest absolute Gasteiger partial charge is 0.319 e. The summed E-state index contributed by atoms with van der Waals surface area (Å²) in [4.78, 5) is 11.6. The Labute approximate surface area is 119 Å². The standard InChI is InChI=1S/C15H23FN2O2/c1-3-4-9-20-10-5-8-17-15(19)18-13-7-6-12(2)14(16)11-13/h6-7,11H,3-5,8-10H2,1-2H3,(H2,17,18,19). The van der Waals surface area contributed by atoms with E-state index in [1.54, 1.807) is 19.1 Å².